The van der Waals surface area contributed by atoms with Crippen molar-refractivity contribution in [3.63, 3.8) is 0 Å². The smallest absolute Gasteiger partial charge is 0.255 e. The average Bonchev–Trinajstić information content (AvgIpc) is 3.24. The molecule has 3 N–H and O–H groups in total. The van der Waals surface area contributed by atoms with E-state index in [0.717, 1.165) is 11.1 Å². The number of benzene rings is 3. The molecule has 32 heavy (non-hydrogen) atoms. The number of aromatic nitrogens is 3. The lowest BCUT2D eigenvalue weighted by Gasteiger charge is -2.11. The number of amides is 2. The van der Waals surface area contributed by atoms with Crippen LogP contribution in [0.4, 0.5) is 5.69 Å². The van der Waals surface area contributed by atoms with Gasteiger partial charge in [0.05, 0.1) is 5.56 Å². The summed E-state index contributed by atoms with van der Waals surface area (Å²) in [5, 5.41) is 10.9. The van der Waals surface area contributed by atoms with Gasteiger partial charge in [-0.1, -0.05) is 36.4 Å². The molecule has 160 valence electrons. The van der Waals surface area contributed by atoms with Crippen molar-refractivity contribution in [1.82, 2.24) is 14.8 Å². The van der Waals surface area contributed by atoms with Crippen molar-refractivity contribution in [1.29, 1.82) is 0 Å². The molecule has 8 heteroatoms. The first-order chi connectivity index (χ1) is 15.5. The van der Waals surface area contributed by atoms with Crippen LogP contribution in [0.3, 0.4) is 0 Å². The van der Waals surface area contributed by atoms with Gasteiger partial charge in [0, 0.05) is 23.9 Å². The van der Waals surface area contributed by atoms with Crippen LogP contribution in [0.2, 0.25) is 0 Å². The molecule has 0 atom stereocenters. The third-order valence-electron chi connectivity index (χ3n) is 4.83. The van der Waals surface area contributed by atoms with Crippen molar-refractivity contribution < 1.29 is 14.3 Å². The Morgan fingerprint density at radius 3 is 2.62 bits per heavy atom. The Morgan fingerprint density at radius 1 is 1.03 bits per heavy atom. The number of carbonyl (C=O) groups is 2. The van der Waals surface area contributed by atoms with Crippen LogP contribution in [-0.4, -0.2) is 26.6 Å². The van der Waals surface area contributed by atoms with Crippen molar-refractivity contribution in [2.75, 3.05) is 5.32 Å². The average molecular weight is 427 g/mol. The van der Waals surface area contributed by atoms with E-state index >= 15 is 0 Å². The van der Waals surface area contributed by atoms with Gasteiger partial charge in [-0.3, -0.25) is 9.59 Å². The number of hydrogen-bond acceptors (Lipinski definition) is 5. The molecular weight excluding hydrogens is 406 g/mol. The molecule has 1 heterocycles. The van der Waals surface area contributed by atoms with E-state index < -0.39 is 5.91 Å². The summed E-state index contributed by atoms with van der Waals surface area (Å²) in [6.45, 7) is 0.188. The third kappa shape index (κ3) is 4.65. The highest BCUT2D eigenvalue weighted by Gasteiger charge is 2.11. The van der Waals surface area contributed by atoms with Crippen LogP contribution in [-0.2, 0) is 13.7 Å². The molecule has 0 aliphatic heterocycles. The summed E-state index contributed by atoms with van der Waals surface area (Å²) in [6.07, 6.45) is 1.62. The Bertz CT molecular complexity index is 1280. The molecule has 0 saturated heterocycles. The van der Waals surface area contributed by atoms with Crippen molar-refractivity contribution >= 4 is 17.5 Å². The van der Waals surface area contributed by atoms with Gasteiger partial charge < -0.3 is 20.4 Å². The molecule has 3 aromatic carbocycles. The van der Waals surface area contributed by atoms with Crippen LogP contribution in [0.5, 0.6) is 5.75 Å². The van der Waals surface area contributed by atoms with Crippen molar-refractivity contribution in [2.24, 2.45) is 12.8 Å². The number of aryl methyl sites for hydroxylation is 1. The van der Waals surface area contributed by atoms with Gasteiger partial charge in [-0.2, -0.15) is 0 Å². The highest BCUT2D eigenvalue weighted by Crippen LogP contribution is 2.22. The molecule has 2 amide bonds. The molecule has 0 radical (unpaired) electrons. The highest BCUT2D eigenvalue weighted by molar-refractivity contribution is 6.04. The molecule has 0 spiro atoms. The number of nitrogens with one attached hydrogen (secondary N) is 1. The van der Waals surface area contributed by atoms with Gasteiger partial charge in [0.2, 0.25) is 0 Å². The second-order valence-corrected chi connectivity index (χ2v) is 7.15. The third-order valence-corrected chi connectivity index (χ3v) is 4.83. The molecule has 1 aromatic heterocycles. The van der Waals surface area contributed by atoms with Gasteiger partial charge in [0.15, 0.2) is 5.82 Å². The van der Waals surface area contributed by atoms with Gasteiger partial charge in [-0.25, -0.2) is 0 Å². The lowest BCUT2D eigenvalue weighted by molar-refractivity contribution is 0.0994. The number of primary amides is 1. The Balaban J connectivity index is 1.46. The summed E-state index contributed by atoms with van der Waals surface area (Å²) in [4.78, 5) is 24.4. The van der Waals surface area contributed by atoms with Crippen LogP contribution < -0.4 is 15.8 Å². The van der Waals surface area contributed by atoms with Gasteiger partial charge in [0.1, 0.15) is 18.7 Å². The molecule has 8 nitrogen and oxygen atoms in total. The maximum atomic E-state index is 12.8. The van der Waals surface area contributed by atoms with Gasteiger partial charge in [-0.15, -0.1) is 10.2 Å². The lowest BCUT2D eigenvalue weighted by atomic mass is 10.1. The van der Waals surface area contributed by atoms with E-state index in [0.29, 0.717) is 28.4 Å². The molecule has 0 unspecified atom stereocenters. The number of nitrogens with two attached hydrogens (primary N) is 1. The van der Waals surface area contributed by atoms with E-state index in [2.05, 4.69) is 15.5 Å². The van der Waals surface area contributed by atoms with Crippen LogP contribution in [0.1, 0.15) is 26.3 Å². The predicted octanol–water partition coefficient (Wildman–Crippen LogP) is 3.41. The van der Waals surface area contributed by atoms with Gasteiger partial charge in [-0.05, 0) is 42.0 Å². The Morgan fingerprint density at radius 2 is 1.84 bits per heavy atom. The maximum absolute atomic E-state index is 12.8. The van der Waals surface area contributed by atoms with E-state index in [1.165, 1.54) is 0 Å². The van der Waals surface area contributed by atoms with Crippen molar-refractivity contribution in [3.05, 3.63) is 95.8 Å². The van der Waals surface area contributed by atoms with E-state index in [1.807, 2.05) is 37.4 Å². The molecule has 0 saturated carbocycles. The number of ether oxygens (including phenoxy) is 1. The predicted molar refractivity (Wildman–Crippen MR) is 120 cm³/mol. The number of nitrogens with zero attached hydrogens (tertiary/aromatic N) is 3. The minimum atomic E-state index is -0.558. The Hall–Kier alpha value is -4.46. The molecule has 0 aliphatic carbocycles. The first-order valence-electron chi connectivity index (χ1n) is 9.87. The zero-order chi connectivity index (χ0) is 22.5. The van der Waals surface area contributed by atoms with E-state index in [1.54, 1.807) is 53.4 Å². The number of para-hydroxylation sites is 1. The number of rotatable bonds is 7. The molecule has 0 bridgehead atoms. The maximum Gasteiger partial charge on any atom is 0.255 e. The standard InChI is InChI=1S/C24H21N5O3/c1-29-15-26-28-23(29)17-7-5-9-19(13-17)27-24(31)18-8-4-6-16(12-18)14-32-21-11-3-2-10-20(21)22(25)30/h2-13,15H,14H2,1H3,(H2,25,30)(H,27,31). The number of anilines is 1. The van der Waals surface area contributed by atoms with Gasteiger partial charge >= 0.3 is 0 Å². The lowest BCUT2D eigenvalue weighted by Crippen LogP contribution is -2.13. The Kier molecular flexibility index (Phi) is 5.94. The zero-order valence-corrected chi connectivity index (χ0v) is 17.4. The van der Waals surface area contributed by atoms with Crippen LogP contribution in [0.25, 0.3) is 11.4 Å². The minimum Gasteiger partial charge on any atom is -0.488 e. The second kappa shape index (κ2) is 9.13. The molecule has 0 aliphatic rings. The first-order valence-corrected chi connectivity index (χ1v) is 9.87. The highest BCUT2D eigenvalue weighted by atomic mass is 16.5. The fraction of sp³-hybridized carbons (Fsp3) is 0.0833. The summed E-state index contributed by atoms with van der Waals surface area (Å²) in [6, 6.07) is 21.3. The minimum absolute atomic E-state index is 0.188. The fourth-order valence-electron chi connectivity index (χ4n) is 3.24. The van der Waals surface area contributed by atoms with Crippen LogP contribution in [0.15, 0.2) is 79.1 Å². The van der Waals surface area contributed by atoms with Crippen LogP contribution in [0, 0.1) is 0 Å². The van der Waals surface area contributed by atoms with Crippen LogP contribution >= 0.6 is 0 Å². The number of hydrogen-bond donors (Lipinski definition) is 2. The fourth-order valence-corrected chi connectivity index (χ4v) is 3.24. The van der Waals surface area contributed by atoms with Crippen molar-refractivity contribution in [3.8, 4) is 17.1 Å². The normalized spacial score (nSPS) is 10.5. The summed E-state index contributed by atoms with van der Waals surface area (Å²) in [7, 11) is 1.86. The molecule has 4 aromatic rings. The topological polar surface area (TPSA) is 112 Å². The summed E-state index contributed by atoms with van der Waals surface area (Å²) < 4.78 is 7.56. The molecule has 4 rings (SSSR count). The second-order valence-electron chi connectivity index (χ2n) is 7.15. The number of carbonyl (C=O) groups excluding carboxylic acids is 2. The zero-order valence-electron chi connectivity index (χ0n) is 17.4. The Labute approximate surface area is 184 Å². The molecular formula is C24H21N5O3. The first kappa shape index (κ1) is 20.8. The van der Waals surface area contributed by atoms with Gasteiger partial charge in [0.25, 0.3) is 11.8 Å². The SMILES string of the molecule is Cn1cnnc1-c1cccc(NC(=O)c2cccc(COc3ccccc3C(N)=O)c2)c1. The molecule has 0 fully saturated rings. The summed E-state index contributed by atoms with van der Waals surface area (Å²) >= 11 is 0. The van der Waals surface area contributed by atoms with Crippen molar-refractivity contribution in [2.45, 2.75) is 6.61 Å². The quantitative estimate of drug-likeness (QED) is 0.469. The van der Waals surface area contributed by atoms with E-state index in [-0.39, 0.29) is 12.5 Å². The van der Waals surface area contributed by atoms with E-state index in [4.69, 9.17) is 10.5 Å². The summed E-state index contributed by atoms with van der Waals surface area (Å²) in [5.74, 6) is 0.295. The monoisotopic (exact) mass is 427 g/mol. The summed E-state index contributed by atoms with van der Waals surface area (Å²) in [5.41, 5.74) is 8.46. The largest absolute Gasteiger partial charge is 0.488 e. The van der Waals surface area contributed by atoms with E-state index in [9.17, 15) is 9.59 Å².